The Hall–Kier alpha value is -0.280. The van der Waals surface area contributed by atoms with Crippen LogP contribution in [0.2, 0.25) is 0 Å². The van der Waals surface area contributed by atoms with E-state index in [2.05, 4.69) is 4.98 Å². The summed E-state index contributed by atoms with van der Waals surface area (Å²) >= 11 is 5.37. The first-order valence-electron chi connectivity index (χ1n) is 4.53. The van der Waals surface area contributed by atoms with Gasteiger partial charge in [-0.05, 0) is 37.8 Å². The Bertz CT molecular complexity index is 308. The highest BCUT2D eigenvalue weighted by Crippen LogP contribution is 2.46. The molecule has 0 radical (unpaired) electrons. The summed E-state index contributed by atoms with van der Waals surface area (Å²) in [5.41, 5.74) is 0.735. The van der Waals surface area contributed by atoms with Crippen molar-refractivity contribution in [3.8, 4) is 0 Å². The second kappa shape index (κ2) is 5.56. The van der Waals surface area contributed by atoms with Crippen LogP contribution in [0.3, 0.4) is 0 Å². The molecule has 0 N–H and O–H groups in total. The Morgan fingerprint density at radius 3 is 2.36 bits per heavy atom. The van der Waals surface area contributed by atoms with Crippen molar-refractivity contribution in [1.82, 2.24) is 4.98 Å². The molecule has 0 fully saturated rings. The minimum atomic E-state index is -2.35. The number of hydrogen-bond donors (Lipinski definition) is 0. The van der Waals surface area contributed by atoms with Gasteiger partial charge in [-0.2, -0.15) is 0 Å². The van der Waals surface area contributed by atoms with Gasteiger partial charge in [-0.25, -0.2) is 0 Å². The van der Waals surface area contributed by atoms with Crippen LogP contribution >= 0.6 is 6.49 Å². The number of nitrogens with zero attached hydrogens (tertiary/aromatic N) is 1. The Balaban J connectivity index is 2.94. The van der Waals surface area contributed by atoms with Crippen LogP contribution in [0.1, 0.15) is 13.8 Å². The molecule has 1 aromatic heterocycles. The molecule has 0 unspecified atom stereocenters. The minimum Gasteiger partial charge on any atom is -0.325 e. The average Bonchev–Trinajstić information content (AvgIpc) is 2.20. The SMILES string of the molecule is CCOP(=S)(OCC)c1ccccn1. The molecule has 1 rings (SSSR count). The van der Waals surface area contributed by atoms with E-state index in [4.69, 9.17) is 20.9 Å². The van der Waals surface area contributed by atoms with Gasteiger partial charge in [0.2, 0.25) is 6.49 Å². The zero-order valence-corrected chi connectivity index (χ0v) is 10.1. The summed E-state index contributed by atoms with van der Waals surface area (Å²) < 4.78 is 11.0. The summed E-state index contributed by atoms with van der Waals surface area (Å²) in [6, 6.07) is 5.59. The van der Waals surface area contributed by atoms with Crippen molar-refractivity contribution in [3.05, 3.63) is 24.4 Å². The molecule has 0 saturated carbocycles. The Kier molecular flexibility index (Phi) is 4.69. The van der Waals surface area contributed by atoms with Crippen molar-refractivity contribution < 1.29 is 9.05 Å². The largest absolute Gasteiger partial charge is 0.325 e. The fraction of sp³-hybridized carbons (Fsp3) is 0.444. The highest BCUT2D eigenvalue weighted by Gasteiger charge is 2.21. The second-order valence-electron chi connectivity index (χ2n) is 2.52. The van der Waals surface area contributed by atoms with Crippen LogP contribution in [0.15, 0.2) is 24.4 Å². The Labute approximate surface area is 89.6 Å². The lowest BCUT2D eigenvalue weighted by molar-refractivity contribution is 0.274. The molecule has 0 bridgehead atoms. The first-order valence-corrected chi connectivity index (χ1v) is 7.17. The first kappa shape index (κ1) is 11.8. The van der Waals surface area contributed by atoms with Crippen molar-refractivity contribution >= 4 is 23.7 Å². The fourth-order valence-electron chi connectivity index (χ4n) is 1.03. The second-order valence-corrected chi connectivity index (χ2v) is 5.93. The Morgan fingerprint density at radius 2 is 1.93 bits per heavy atom. The van der Waals surface area contributed by atoms with Gasteiger partial charge in [-0.1, -0.05) is 6.07 Å². The first-order chi connectivity index (χ1) is 6.73. The van der Waals surface area contributed by atoms with Gasteiger partial charge in [0.1, 0.15) is 5.44 Å². The van der Waals surface area contributed by atoms with E-state index >= 15 is 0 Å². The lowest BCUT2D eigenvalue weighted by Gasteiger charge is -2.19. The van der Waals surface area contributed by atoms with Crippen LogP contribution in [0.25, 0.3) is 0 Å². The van der Waals surface area contributed by atoms with Crippen molar-refractivity contribution in [2.75, 3.05) is 13.2 Å². The number of rotatable bonds is 5. The van der Waals surface area contributed by atoms with E-state index in [9.17, 15) is 0 Å². The van der Waals surface area contributed by atoms with Crippen molar-refractivity contribution in [1.29, 1.82) is 0 Å². The third kappa shape index (κ3) is 2.85. The maximum absolute atomic E-state index is 5.50. The molecule has 0 aliphatic rings. The van der Waals surface area contributed by atoms with Crippen molar-refractivity contribution in [2.45, 2.75) is 13.8 Å². The van der Waals surface area contributed by atoms with E-state index in [1.54, 1.807) is 6.20 Å². The molecule has 14 heavy (non-hydrogen) atoms. The lowest BCUT2D eigenvalue weighted by atomic mass is 10.5. The standard InChI is InChI=1S/C9H14NO2PS/c1-3-11-13(14,12-4-2)9-7-5-6-8-10-9/h5-8H,3-4H2,1-2H3. The summed E-state index contributed by atoms with van der Waals surface area (Å²) in [6.07, 6.45) is 1.70. The molecule has 5 heteroatoms. The lowest BCUT2D eigenvalue weighted by Crippen LogP contribution is -2.13. The van der Waals surface area contributed by atoms with Gasteiger partial charge < -0.3 is 9.05 Å². The van der Waals surface area contributed by atoms with Crippen molar-refractivity contribution in [2.24, 2.45) is 0 Å². The smallest absolute Gasteiger partial charge is 0.237 e. The van der Waals surface area contributed by atoms with Crippen LogP contribution in [-0.4, -0.2) is 18.2 Å². The maximum atomic E-state index is 5.50. The molecule has 1 aromatic rings. The van der Waals surface area contributed by atoms with E-state index in [1.165, 1.54) is 0 Å². The zero-order valence-electron chi connectivity index (χ0n) is 8.34. The Morgan fingerprint density at radius 1 is 1.29 bits per heavy atom. The molecule has 0 aliphatic carbocycles. The van der Waals surface area contributed by atoms with E-state index in [1.807, 2.05) is 32.0 Å². The number of aromatic nitrogens is 1. The quantitative estimate of drug-likeness (QED) is 0.726. The van der Waals surface area contributed by atoms with E-state index in [0.717, 1.165) is 5.44 Å². The molecule has 0 spiro atoms. The summed E-state index contributed by atoms with van der Waals surface area (Å²) in [6.45, 7) is 2.56. The fourth-order valence-corrected chi connectivity index (χ4v) is 3.48. The molecule has 3 nitrogen and oxygen atoms in total. The zero-order chi connectivity index (χ0) is 10.4. The van der Waals surface area contributed by atoms with Crippen LogP contribution in [-0.2, 0) is 20.9 Å². The minimum absolute atomic E-state index is 0.549. The van der Waals surface area contributed by atoms with Crippen molar-refractivity contribution in [3.63, 3.8) is 0 Å². The maximum Gasteiger partial charge on any atom is 0.237 e. The van der Waals surface area contributed by atoms with Crippen LogP contribution in [0.5, 0.6) is 0 Å². The topological polar surface area (TPSA) is 31.4 Å². The predicted molar refractivity (Wildman–Crippen MR) is 61.4 cm³/mol. The average molecular weight is 231 g/mol. The number of pyridine rings is 1. The molecule has 0 aliphatic heterocycles. The molecular weight excluding hydrogens is 217 g/mol. The van der Waals surface area contributed by atoms with Gasteiger partial charge in [0.25, 0.3) is 0 Å². The third-order valence-electron chi connectivity index (χ3n) is 1.53. The monoisotopic (exact) mass is 231 g/mol. The summed E-state index contributed by atoms with van der Waals surface area (Å²) in [5.74, 6) is 0. The molecule has 0 amide bonds. The number of hydrogen-bond acceptors (Lipinski definition) is 4. The molecule has 0 atom stereocenters. The van der Waals surface area contributed by atoms with Gasteiger partial charge in [-0.3, -0.25) is 4.98 Å². The van der Waals surface area contributed by atoms with Crippen LogP contribution < -0.4 is 5.44 Å². The van der Waals surface area contributed by atoms with Gasteiger partial charge in [-0.15, -0.1) is 0 Å². The van der Waals surface area contributed by atoms with Crippen LogP contribution in [0, 0.1) is 0 Å². The van der Waals surface area contributed by atoms with Gasteiger partial charge in [0.15, 0.2) is 0 Å². The highest BCUT2D eigenvalue weighted by atomic mass is 32.5. The summed E-state index contributed by atoms with van der Waals surface area (Å²) in [5, 5.41) is 0. The molecule has 1 heterocycles. The molecule has 0 saturated heterocycles. The molecule has 0 aromatic carbocycles. The van der Waals surface area contributed by atoms with E-state index < -0.39 is 6.49 Å². The third-order valence-corrected chi connectivity index (χ3v) is 4.74. The summed E-state index contributed by atoms with van der Waals surface area (Å²) in [7, 11) is 0. The molecule has 78 valence electrons. The van der Waals surface area contributed by atoms with E-state index in [0.29, 0.717) is 13.2 Å². The summed E-state index contributed by atoms with van der Waals surface area (Å²) in [4.78, 5) is 4.18. The predicted octanol–water partition coefficient (Wildman–Crippen LogP) is 2.09. The van der Waals surface area contributed by atoms with Crippen LogP contribution in [0.4, 0.5) is 0 Å². The van der Waals surface area contributed by atoms with Gasteiger partial charge in [0.05, 0.1) is 13.2 Å². The normalized spacial score (nSPS) is 11.6. The van der Waals surface area contributed by atoms with Gasteiger partial charge >= 0.3 is 0 Å². The molecular formula is C9H14NO2PS. The van der Waals surface area contributed by atoms with Gasteiger partial charge in [0, 0.05) is 6.20 Å². The van der Waals surface area contributed by atoms with E-state index in [-0.39, 0.29) is 0 Å². The highest BCUT2D eigenvalue weighted by molar-refractivity contribution is 8.13.